The highest BCUT2D eigenvalue weighted by atomic mass is 16.3. The molecular weight excluding hydrogens is 681 g/mol. The summed E-state index contributed by atoms with van der Waals surface area (Å²) in [7, 11) is 0. The van der Waals surface area contributed by atoms with Gasteiger partial charge in [-0.05, 0) is 83.9 Å². The van der Waals surface area contributed by atoms with Crippen molar-refractivity contribution in [1.29, 1.82) is 0 Å². The average molecular weight is 713 g/mol. The Kier molecular flexibility index (Phi) is 6.66. The van der Waals surface area contributed by atoms with E-state index in [2.05, 4.69) is 182 Å². The molecule has 0 saturated carbocycles. The first kappa shape index (κ1) is 31.0. The zero-order valence-electron chi connectivity index (χ0n) is 30.3. The Bertz CT molecular complexity index is 3360. The van der Waals surface area contributed by atoms with Crippen LogP contribution in [0.4, 0.5) is 0 Å². The summed E-state index contributed by atoms with van der Waals surface area (Å²) in [5.74, 6) is 0. The van der Waals surface area contributed by atoms with E-state index < -0.39 is 0 Å². The van der Waals surface area contributed by atoms with Crippen LogP contribution in [-0.2, 0) is 0 Å². The monoisotopic (exact) mass is 712 g/mol. The Morgan fingerprint density at radius 2 is 0.625 bits per heavy atom. The van der Waals surface area contributed by atoms with Gasteiger partial charge in [-0.2, -0.15) is 0 Å². The van der Waals surface area contributed by atoms with Gasteiger partial charge in [0.15, 0.2) is 0 Å². The van der Waals surface area contributed by atoms with Crippen molar-refractivity contribution in [3.8, 4) is 44.5 Å². The molecule has 260 valence electrons. The van der Waals surface area contributed by atoms with Gasteiger partial charge in [0.2, 0.25) is 0 Å². The number of furan rings is 2. The van der Waals surface area contributed by atoms with E-state index in [9.17, 15) is 0 Å². The van der Waals surface area contributed by atoms with Gasteiger partial charge in [-0.1, -0.05) is 176 Å². The zero-order chi connectivity index (χ0) is 36.7. The largest absolute Gasteiger partial charge is 0.455 e. The summed E-state index contributed by atoms with van der Waals surface area (Å²) in [4.78, 5) is 0. The summed E-state index contributed by atoms with van der Waals surface area (Å²) in [5.41, 5.74) is 12.9. The molecule has 2 nitrogen and oxygen atoms in total. The third-order valence-electron chi connectivity index (χ3n) is 11.7. The molecule has 0 aliphatic heterocycles. The van der Waals surface area contributed by atoms with Gasteiger partial charge in [-0.3, -0.25) is 0 Å². The maximum atomic E-state index is 6.66. The van der Waals surface area contributed by atoms with Crippen LogP contribution in [0, 0.1) is 0 Å². The highest BCUT2D eigenvalue weighted by molar-refractivity contribution is 6.24. The number of hydrogen-bond donors (Lipinski definition) is 0. The minimum absolute atomic E-state index is 0.896. The number of hydrogen-bond acceptors (Lipinski definition) is 2. The number of rotatable bonds is 4. The molecule has 0 aliphatic carbocycles. The minimum Gasteiger partial charge on any atom is -0.455 e. The minimum atomic E-state index is 0.896. The molecule has 0 saturated heterocycles. The standard InChI is InChI=1S/C54H32O2/c1-2-14-33(15-3-1)34-18-8-20-36-35(34)19-9-23-41(36)52-42-24-10-21-37(44-26-12-28-46-39-16-4-6-30-50(39)55-53(44)46)48(42)32-49-38(22-11-25-43(49)52)45-27-13-29-47-40-17-5-7-31-51(40)56-54(45)47/h1-32H. The van der Waals surface area contributed by atoms with Crippen molar-refractivity contribution in [3.63, 3.8) is 0 Å². The van der Waals surface area contributed by atoms with Gasteiger partial charge in [0.05, 0.1) is 0 Å². The van der Waals surface area contributed by atoms with E-state index in [1.807, 2.05) is 12.1 Å². The second-order valence-electron chi connectivity index (χ2n) is 14.7. The fourth-order valence-corrected chi connectivity index (χ4v) is 9.24. The molecule has 10 aromatic carbocycles. The summed E-state index contributed by atoms with van der Waals surface area (Å²) in [6, 6.07) is 69.8. The molecule has 0 bridgehead atoms. The molecule has 0 unspecified atom stereocenters. The van der Waals surface area contributed by atoms with Gasteiger partial charge < -0.3 is 8.83 Å². The Hall–Kier alpha value is -7.42. The maximum Gasteiger partial charge on any atom is 0.143 e. The van der Waals surface area contributed by atoms with Gasteiger partial charge in [0.1, 0.15) is 22.3 Å². The van der Waals surface area contributed by atoms with Gasteiger partial charge >= 0.3 is 0 Å². The lowest BCUT2D eigenvalue weighted by molar-refractivity contribution is 0.669. The van der Waals surface area contributed by atoms with Crippen LogP contribution in [0.1, 0.15) is 0 Å². The maximum absolute atomic E-state index is 6.66. The lowest BCUT2D eigenvalue weighted by Gasteiger charge is -2.19. The first-order valence-electron chi connectivity index (χ1n) is 19.2. The van der Waals surface area contributed by atoms with Crippen LogP contribution in [-0.4, -0.2) is 0 Å². The lowest BCUT2D eigenvalue weighted by Crippen LogP contribution is -1.92. The third-order valence-corrected chi connectivity index (χ3v) is 11.7. The Balaban J connectivity index is 1.22. The molecule has 2 heteroatoms. The van der Waals surface area contributed by atoms with Gasteiger partial charge in [0.25, 0.3) is 0 Å². The van der Waals surface area contributed by atoms with Gasteiger partial charge in [-0.25, -0.2) is 0 Å². The Labute approximate surface area is 322 Å². The highest BCUT2D eigenvalue weighted by Gasteiger charge is 2.21. The molecule has 2 aromatic heterocycles. The quantitative estimate of drug-likeness (QED) is 0.170. The Morgan fingerprint density at radius 1 is 0.232 bits per heavy atom. The zero-order valence-corrected chi connectivity index (χ0v) is 30.3. The van der Waals surface area contributed by atoms with E-state index >= 15 is 0 Å². The van der Waals surface area contributed by atoms with Crippen LogP contribution in [0.25, 0.3) is 121 Å². The van der Waals surface area contributed by atoms with E-state index in [0.29, 0.717) is 0 Å². The predicted octanol–water partition coefficient (Wildman–Crippen LogP) is 15.6. The number of para-hydroxylation sites is 4. The Morgan fingerprint density at radius 3 is 1.18 bits per heavy atom. The second kappa shape index (κ2) is 12.0. The number of fused-ring (bicyclic) bond motifs is 9. The van der Waals surface area contributed by atoms with Crippen molar-refractivity contribution in [2.75, 3.05) is 0 Å². The van der Waals surface area contributed by atoms with Crippen LogP contribution >= 0.6 is 0 Å². The molecule has 2 heterocycles. The molecule has 0 amide bonds. The molecule has 0 fully saturated rings. The topological polar surface area (TPSA) is 26.3 Å². The molecule has 0 spiro atoms. The van der Waals surface area contributed by atoms with E-state index in [-0.39, 0.29) is 0 Å². The molecule has 0 atom stereocenters. The first-order valence-corrected chi connectivity index (χ1v) is 19.2. The SMILES string of the molecule is c1ccc(-c2cccc3c(-c4c5cccc(-c6cccc7c6oc6ccccc67)c5cc5c(-c6cccc7c6oc6ccccc67)cccc45)cccc23)cc1. The molecule has 0 aliphatic rings. The normalized spacial score (nSPS) is 11.9. The van der Waals surface area contributed by atoms with Crippen molar-refractivity contribution in [2.24, 2.45) is 0 Å². The first-order chi connectivity index (χ1) is 27.8. The third kappa shape index (κ3) is 4.50. The van der Waals surface area contributed by atoms with Crippen molar-refractivity contribution >= 4 is 76.2 Å². The molecular formula is C54H32O2. The molecule has 0 radical (unpaired) electrons. The summed E-state index contributed by atoms with van der Waals surface area (Å²) >= 11 is 0. The fourth-order valence-electron chi connectivity index (χ4n) is 9.24. The van der Waals surface area contributed by atoms with Crippen LogP contribution in [0.15, 0.2) is 203 Å². The van der Waals surface area contributed by atoms with E-state index in [4.69, 9.17) is 8.83 Å². The molecule has 12 rings (SSSR count). The summed E-state index contributed by atoms with van der Waals surface area (Å²) in [6.45, 7) is 0. The van der Waals surface area contributed by atoms with Crippen molar-refractivity contribution in [1.82, 2.24) is 0 Å². The van der Waals surface area contributed by atoms with Crippen molar-refractivity contribution < 1.29 is 8.83 Å². The molecule has 0 N–H and O–H groups in total. The van der Waals surface area contributed by atoms with Crippen LogP contribution in [0.5, 0.6) is 0 Å². The average Bonchev–Trinajstić information content (AvgIpc) is 3.84. The number of benzene rings is 10. The van der Waals surface area contributed by atoms with Crippen LogP contribution < -0.4 is 0 Å². The van der Waals surface area contributed by atoms with Gasteiger partial charge in [0, 0.05) is 32.7 Å². The van der Waals surface area contributed by atoms with Crippen LogP contribution in [0.3, 0.4) is 0 Å². The van der Waals surface area contributed by atoms with Crippen LogP contribution in [0.2, 0.25) is 0 Å². The van der Waals surface area contributed by atoms with Crippen molar-refractivity contribution in [3.05, 3.63) is 194 Å². The fraction of sp³-hybridized carbons (Fsp3) is 0. The van der Waals surface area contributed by atoms with E-state index in [1.165, 1.54) is 54.6 Å². The van der Waals surface area contributed by atoms with E-state index in [0.717, 1.165) is 66.1 Å². The molecule has 56 heavy (non-hydrogen) atoms. The van der Waals surface area contributed by atoms with Crippen molar-refractivity contribution in [2.45, 2.75) is 0 Å². The highest BCUT2D eigenvalue weighted by Crippen LogP contribution is 2.48. The predicted molar refractivity (Wildman–Crippen MR) is 235 cm³/mol. The van der Waals surface area contributed by atoms with E-state index in [1.54, 1.807) is 0 Å². The summed E-state index contributed by atoms with van der Waals surface area (Å²) in [6.07, 6.45) is 0. The second-order valence-corrected chi connectivity index (χ2v) is 14.7. The summed E-state index contributed by atoms with van der Waals surface area (Å²) < 4.78 is 13.3. The van der Waals surface area contributed by atoms with Gasteiger partial charge in [-0.15, -0.1) is 0 Å². The summed E-state index contributed by atoms with van der Waals surface area (Å²) in [5, 5.41) is 11.7. The smallest absolute Gasteiger partial charge is 0.143 e. The lowest BCUT2D eigenvalue weighted by atomic mass is 9.84. The molecule has 12 aromatic rings.